The molecule has 170 valence electrons. The molecular weight excluding hydrogens is 515 g/mol. The van der Waals surface area contributed by atoms with Crippen LogP contribution in [0.1, 0.15) is 31.3 Å². The number of amides is 2. The van der Waals surface area contributed by atoms with Crippen LogP contribution in [0.5, 0.6) is 5.75 Å². The summed E-state index contributed by atoms with van der Waals surface area (Å²) in [5.74, 6) is -1.50. The average Bonchev–Trinajstić information content (AvgIpc) is 2.99. The Kier molecular flexibility index (Phi) is 8.51. The lowest BCUT2D eigenvalue weighted by molar-refractivity contribution is -0.123. The van der Waals surface area contributed by atoms with Crippen molar-refractivity contribution in [2.24, 2.45) is 11.7 Å². The number of nitrogens with one attached hydrogen (secondary N) is 2. The summed E-state index contributed by atoms with van der Waals surface area (Å²) < 4.78 is 42.6. The minimum Gasteiger partial charge on any atom is -0.491 e. The van der Waals surface area contributed by atoms with Crippen LogP contribution in [0.2, 0.25) is 0 Å². The second kappa shape index (κ2) is 10.5. The zero-order valence-electron chi connectivity index (χ0n) is 16.9. The van der Waals surface area contributed by atoms with Gasteiger partial charge in [0.05, 0.1) is 16.1 Å². The van der Waals surface area contributed by atoms with Crippen molar-refractivity contribution < 1.29 is 27.1 Å². The van der Waals surface area contributed by atoms with E-state index in [-0.39, 0.29) is 28.2 Å². The van der Waals surface area contributed by atoms with E-state index in [0.29, 0.717) is 10.4 Å². The first-order chi connectivity index (χ1) is 14.4. The van der Waals surface area contributed by atoms with Crippen molar-refractivity contribution >= 4 is 59.7 Å². The number of ether oxygens (including phenoxy) is 1. The fraction of sp³-hybridized carbons (Fsp3) is 0.389. The first-order valence-electron chi connectivity index (χ1n) is 8.99. The summed E-state index contributed by atoms with van der Waals surface area (Å²) in [6.45, 7) is 4.17. The van der Waals surface area contributed by atoms with Gasteiger partial charge in [-0.15, -0.1) is 0 Å². The van der Waals surface area contributed by atoms with Crippen molar-refractivity contribution in [3.05, 3.63) is 33.5 Å². The Morgan fingerprint density at radius 2 is 1.94 bits per heavy atom. The van der Waals surface area contributed by atoms with E-state index in [1.807, 2.05) is 13.8 Å². The zero-order chi connectivity index (χ0) is 23.3. The Labute approximate surface area is 191 Å². The molecule has 0 bridgehead atoms. The van der Waals surface area contributed by atoms with Crippen LogP contribution >= 0.6 is 27.3 Å². The van der Waals surface area contributed by atoms with Crippen LogP contribution in [-0.2, 0) is 19.4 Å². The number of hydrogen-bond donors (Lipinski definition) is 3. The summed E-state index contributed by atoms with van der Waals surface area (Å²) in [6.07, 6.45) is 0.423. The molecule has 2 amide bonds. The Hall–Kier alpha value is -2.09. The van der Waals surface area contributed by atoms with E-state index >= 15 is 0 Å². The second-order valence-electron chi connectivity index (χ2n) is 7.05. The molecule has 0 aliphatic heterocycles. The lowest BCUT2D eigenvalue weighted by atomic mass is 10.2. The zero-order valence-corrected chi connectivity index (χ0v) is 20.2. The van der Waals surface area contributed by atoms with E-state index in [1.165, 1.54) is 6.07 Å². The van der Waals surface area contributed by atoms with Gasteiger partial charge < -0.3 is 21.1 Å². The van der Waals surface area contributed by atoms with Crippen molar-refractivity contribution in [1.29, 1.82) is 0 Å². The Morgan fingerprint density at radius 3 is 2.55 bits per heavy atom. The fourth-order valence-electron chi connectivity index (χ4n) is 2.22. The third-order valence-electron chi connectivity index (χ3n) is 3.70. The van der Waals surface area contributed by atoms with E-state index < -0.39 is 39.3 Å². The molecule has 9 nitrogen and oxygen atoms in total. The number of aromatic nitrogens is 1. The largest absolute Gasteiger partial charge is 0.491 e. The Balaban J connectivity index is 2.02. The summed E-state index contributed by atoms with van der Waals surface area (Å²) in [7, 11) is -3.59. The van der Waals surface area contributed by atoms with Crippen LogP contribution in [0.3, 0.4) is 0 Å². The molecule has 0 fully saturated rings. The third-order valence-corrected chi connectivity index (χ3v) is 6.51. The summed E-state index contributed by atoms with van der Waals surface area (Å²) in [5.41, 5.74) is 5.96. The van der Waals surface area contributed by atoms with E-state index in [9.17, 15) is 22.4 Å². The first-order valence-corrected chi connectivity index (χ1v) is 12.6. The normalized spacial score (nSPS) is 12.5. The van der Waals surface area contributed by atoms with Gasteiger partial charge in [0.2, 0.25) is 11.8 Å². The van der Waals surface area contributed by atoms with E-state index in [4.69, 9.17) is 10.5 Å². The number of nitrogens with two attached hydrogens (primary N) is 1. The van der Waals surface area contributed by atoms with Crippen LogP contribution in [0, 0.1) is 11.7 Å². The summed E-state index contributed by atoms with van der Waals surface area (Å²) in [4.78, 5) is 28.5. The van der Waals surface area contributed by atoms with E-state index in [0.717, 1.165) is 29.7 Å². The minimum absolute atomic E-state index is 0.0607. The van der Waals surface area contributed by atoms with Gasteiger partial charge in [0.25, 0.3) is 0 Å². The maximum Gasteiger partial charge on any atom is 0.235 e. The number of halogens is 2. The molecule has 0 spiro atoms. The molecule has 1 atom stereocenters. The van der Waals surface area contributed by atoms with Gasteiger partial charge in [0.15, 0.2) is 20.3 Å². The molecule has 0 saturated heterocycles. The van der Waals surface area contributed by atoms with Gasteiger partial charge in [-0.3, -0.25) is 9.59 Å². The molecule has 31 heavy (non-hydrogen) atoms. The molecule has 2 aromatic rings. The van der Waals surface area contributed by atoms with Crippen LogP contribution in [0.25, 0.3) is 0 Å². The number of thiazole rings is 1. The summed E-state index contributed by atoms with van der Waals surface area (Å²) >= 11 is 4.14. The topological polar surface area (TPSA) is 140 Å². The molecule has 0 radical (unpaired) electrons. The number of carbonyl (C=O) groups is 2. The van der Waals surface area contributed by atoms with Crippen molar-refractivity contribution in [3.8, 4) is 5.75 Å². The smallest absolute Gasteiger partial charge is 0.235 e. The molecule has 13 heteroatoms. The average molecular weight is 537 g/mol. The minimum atomic E-state index is -3.59. The van der Waals surface area contributed by atoms with E-state index in [1.54, 1.807) is 0 Å². The highest BCUT2D eigenvalue weighted by atomic mass is 79.9. The van der Waals surface area contributed by atoms with Crippen LogP contribution in [0.4, 0.5) is 15.2 Å². The van der Waals surface area contributed by atoms with Gasteiger partial charge >= 0.3 is 0 Å². The molecule has 2 rings (SSSR count). The quantitative estimate of drug-likeness (QED) is 0.418. The molecular formula is C18H22BrFN4O5S2. The predicted octanol–water partition coefficient (Wildman–Crippen LogP) is 3.05. The SMILES string of the molecule is CC(C)COc1cc(F)ccc1NC(=O)CC(=O)Nc1nc(C(N)S(C)(=O)=O)c(Br)s1. The number of sulfone groups is 1. The van der Waals surface area contributed by atoms with Gasteiger partial charge in [-0.2, -0.15) is 0 Å². The Morgan fingerprint density at radius 1 is 1.29 bits per heavy atom. The molecule has 4 N–H and O–H groups in total. The fourth-order valence-corrected chi connectivity index (χ4v) is 4.58. The third kappa shape index (κ3) is 7.52. The van der Waals surface area contributed by atoms with Gasteiger partial charge in [0, 0.05) is 12.3 Å². The maximum atomic E-state index is 13.5. The molecule has 1 heterocycles. The summed E-state index contributed by atoms with van der Waals surface area (Å²) in [6, 6.07) is 3.66. The molecule has 0 saturated carbocycles. The van der Waals surface area contributed by atoms with Crippen molar-refractivity contribution in [3.63, 3.8) is 0 Å². The number of rotatable bonds is 9. The number of nitrogens with zero attached hydrogens (tertiary/aromatic N) is 1. The number of anilines is 2. The standard InChI is InChI=1S/C18H22BrFN4O5S2/c1-9(2)8-29-12-6-10(20)4-5-11(12)22-13(25)7-14(26)23-18-24-15(16(19)30-18)17(21)31(3,27)28/h4-6,9,17H,7-8,21H2,1-3H3,(H,22,25)(H,23,24,26). The van der Waals surface area contributed by atoms with Gasteiger partial charge in [-0.25, -0.2) is 17.8 Å². The highest BCUT2D eigenvalue weighted by Crippen LogP contribution is 2.33. The van der Waals surface area contributed by atoms with Crippen molar-refractivity contribution in [2.75, 3.05) is 23.5 Å². The predicted molar refractivity (Wildman–Crippen MR) is 120 cm³/mol. The first kappa shape index (κ1) is 25.2. The second-order valence-corrected chi connectivity index (χ2v) is 11.5. The lowest BCUT2D eigenvalue weighted by Gasteiger charge is -2.14. The lowest BCUT2D eigenvalue weighted by Crippen LogP contribution is -2.23. The van der Waals surface area contributed by atoms with E-state index in [2.05, 4.69) is 31.5 Å². The van der Waals surface area contributed by atoms with Crippen LogP contribution in [0.15, 0.2) is 22.0 Å². The number of hydrogen-bond acceptors (Lipinski definition) is 8. The number of benzene rings is 1. The number of carbonyl (C=O) groups excluding carboxylic acids is 2. The molecule has 0 aliphatic rings. The van der Waals surface area contributed by atoms with Gasteiger partial charge in [-0.1, -0.05) is 25.2 Å². The molecule has 0 aliphatic carbocycles. The van der Waals surface area contributed by atoms with Gasteiger partial charge in [0.1, 0.15) is 23.7 Å². The highest BCUT2D eigenvalue weighted by molar-refractivity contribution is 9.11. The van der Waals surface area contributed by atoms with Crippen LogP contribution < -0.4 is 21.1 Å². The monoisotopic (exact) mass is 536 g/mol. The molecule has 1 aromatic heterocycles. The van der Waals surface area contributed by atoms with Crippen LogP contribution in [-0.4, -0.2) is 38.1 Å². The maximum absolute atomic E-state index is 13.5. The molecule has 1 aromatic carbocycles. The van der Waals surface area contributed by atoms with Gasteiger partial charge in [-0.05, 0) is 34.0 Å². The highest BCUT2D eigenvalue weighted by Gasteiger charge is 2.25. The summed E-state index contributed by atoms with van der Waals surface area (Å²) in [5, 5.41) is 3.67. The van der Waals surface area contributed by atoms with Crippen molar-refractivity contribution in [2.45, 2.75) is 25.6 Å². The molecule has 1 unspecified atom stereocenters. The van der Waals surface area contributed by atoms with Crippen molar-refractivity contribution in [1.82, 2.24) is 4.98 Å². The Bertz CT molecular complexity index is 1070.